The first-order valence-corrected chi connectivity index (χ1v) is 8.03. The third-order valence-electron chi connectivity index (χ3n) is 3.64. The van der Waals surface area contributed by atoms with Crippen LogP contribution in [-0.2, 0) is 20.8 Å². The van der Waals surface area contributed by atoms with Gasteiger partial charge in [-0.05, 0) is 39.2 Å². The van der Waals surface area contributed by atoms with Crippen LogP contribution in [0.5, 0.6) is 0 Å². The van der Waals surface area contributed by atoms with Crippen LogP contribution in [-0.4, -0.2) is 30.8 Å². The van der Waals surface area contributed by atoms with Crippen LogP contribution in [0, 0.1) is 5.92 Å². The van der Waals surface area contributed by atoms with Crippen LogP contribution < -0.4 is 5.32 Å². The van der Waals surface area contributed by atoms with E-state index in [1.54, 1.807) is 0 Å². The minimum atomic E-state index is -0.398. The lowest BCUT2D eigenvalue weighted by atomic mass is 9.82. The average molecular weight is 305 g/mol. The highest BCUT2D eigenvalue weighted by molar-refractivity contribution is 5.74. The number of esters is 1. The molecule has 4 heteroatoms. The van der Waals surface area contributed by atoms with Crippen LogP contribution in [0.2, 0.25) is 0 Å². The second-order valence-corrected chi connectivity index (χ2v) is 6.86. The topological polar surface area (TPSA) is 47.6 Å². The lowest BCUT2D eigenvalue weighted by Crippen LogP contribution is -2.40. The summed E-state index contributed by atoms with van der Waals surface area (Å²) >= 11 is 0. The molecular weight excluding hydrogens is 278 g/mol. The molecule has 0 heterocycles. The van der Waals surface area contributed by atoms with E-state index in [9.17, 15) is 4.79 Å². The Kier molecular flexibility index (Phi) is 5.98. The molecule has 0 radical (unpaired) electrons. The Hall–Kier alpha value is -1.39. The largest absolute Gasteiger partial charge is 0.460 e. The summed E-state index contributed by atoms with van der Waals surface area (Å²) in [7, 11) is 0. The molecule has 0 spiro atoms. The van der Waals surface area contributed by atoms with Gasteiger partial charge in [-0.2, -0.15) is 0 Å². The fourth-order valence-electron chi connectivity index (χ4n) is 2.41. The van der Waals surface area contributed by atoms with Crippen molar-refractivity contribution in [2.75, 3.05) is 13.2 Å². The molecule has 1 fully saturated rings. The van der Waals surface area contributed by atoms with E-state index in [4.69, 9.17) is 9.47 Å². The molecule has 0 aliphatic heterocycles. The first-order chi connectivity index (χ1) is 10.4. The highest BCUT2D eigenvalue weighted by Gasteiger charge is 2.37. The highest BCUT2D eigenvalue weighted by atomic mass is 16.6. The first-order valence-electron chi connectivity index (χ1n) is 8.03. The lowest BCUT2D eigenvalue weighted by Gasteiger charge is -2.35. The Balaban J connectivity index is 1.51. The predicted molar refractivity (Wildman–Crippen MR) is 86.5 cm³/mol. The summed E-state index contributed by atoms with van der Waals surface area (Å²) in [4.78, 5) is 11.8. The van der Waals surface area contributed by atoms with Crippen LogP contribution >= 0.6 is 0 Å². The molecule has 0 amide bonds. The van der Waals surface area contributed by atoms with Gasteiger partial charge in [0.15, 0.2) is 0 Å². The van der Waals surface area contributed by atoms with E-state index in [0.29, 0.717) is 6.61 Å². The number of carbonyl (C=O) groups excluding carboxylic acids is 1. The van der Waals surface area contributed by atoms with Gasteiger partial charge in [0.1, 0.15) is 5.60 Å². The third-order valence-corrected chi connectivity index (χ3v) is 3.64. The van der Waals surface area contributed by atoms with Crippen LogP contribution in [0.25, 0.3) is 0 Å². The van der Waals surface area contributed by atoms with Crippen molar-refractivity contribution >= 4 is 5.97 Å². The summed E-state index contributed by atoms with van der Waals surface area (Å²) in [6.07, 6.45) is 1.78. The Morgan fingerprint density at radius 3 is 2.55 bits per heavy atom. The summed E-state index contributed by atoms with van der Waals surface area (Å²) in [5.41, 5.74) is 0.876. The standard InChI is InChI=1S/C18H27NO3/c1-18(2,3)22-17(20)15-11-16(12-15)21-10-9-19-13-14-7-5-4-6-8-14/h4-8,15-16,19H,9-13H2,1-3H3. The molecule has 0 unspecified atom stereocenters. The van der Waals surface area contributed by atoms with Crippen LogP contribution in [0.4, 0.5) is 0 Å². The van der Waals surface area contributed by atoms with Crippen molar-refractivity contribution < 1.29 is 14.3 Å². The minimum Gasteiger partial charge on any atom is -0.460 e. The zero-order valence-electron chi connectivity index (χ0n) is 13.8. The van der Waals surface area contributed by atoms with Crippen molar-refractivity contribution in [2.24, 2.45) is 5.92 Å². The van der Waals surface area contributed by atoms with E-state index < -0.39 is 5.60 Å². The molecule has 0 bridgehead atoms. The second kappa shape index (κ2) is 7.75. The zero-order chi connectivity index (χ0) is 16.0. The Bertz CT molecular complexity index is 461. The molecule has 0 atom stereocenters. The van der Waals surface area contributed by atoms with Gasteiger partial charge in [0.2, 0.25) is 0 Å². The summed E-state index contributed by atoms with van der Waals surface area (Å²) in [6.45, 7) is 8.05. The van der Waals surface area contributed by atoms with Crippen molar-refractivity contribution in [3.63, 3.8) is 0 Å². The van der Waals surface area contributed by atoms with Gasteiger partial charge < -0.3 is 14.8 Å². The number of carbonyl (C=O) groups is 1. The maximum atomic E-state index is 11.8. The molecule has 1 N–H and O–H groups in total. The quantitative estimate of drug-likeness (QED) is 0.621. The summed E-state index contributed by atoms with van der Waals surface area (Å²) < 4.78 is 11.1. The Labute approximate surface area is 133 Å². The number of benzene rings is 1. The summed E-state index contributed by atoms with van der Waals surface area (Å²) in [5, 5.41) is 3.35. The number of hydrogen-bond acceptors (Lipinski definition) is 4. The summed E-state index contributed by atoms with van der Waals surface area (Å²) in [6, 6.07) is 10.3. The van der Waals surface area contributed by atoms with Gasteiger partial charge in [-0.3, -0.25) is 4.79 Å². The van der Waals surface area contributed by atoms with Gasteiger partial charge in [0.05, 0.1) is 18.6 Å². The van der Waals surface area contributed by atoms with Crippen LogP contribution in [0.1, 0.15) is 39.2 Å². The Morgan fingerprint density at radius 2 is 1.91 bits per heavy atom. The lowest BCUT2D eigenvalue weighted by molar-refractivity contribution is -0.169. The monoisotopic (exact) mass is 305 g/mol. The van der Waals surface area contributed by atoms with Crippen LogP contribution in [0.3, 0.4) is 0 Å². The molecule has 1 aliphatic rings. The number of ether oxygens (including phenoxy) is 2. The van der Waals surface area contributed by atoms with E-state index in [-0.39, 0.29) is 18.0 Å². The maximum Gasteiger partial charge on any atom is 0.309 e. The molecular formula is C18H27NO3. The van der Waals surface area contributed by atoms with Crippen LogP contribution in [0.15, 0.2) is 30.3 Å². The molecule has 1 saturated carbocycles. The van der Waals surface area contributed by atoms with Gasteiger partial charge in [-0.15, -0.1) is 0 Å². The molecule has 1 aromatic rings. The third kappa shape index (κ3) is 5.78. The smallest absolute Gasteiger partial charge is 0.309 e. The highest BCUT2D eigenvalue weighted by Crippen LogP contribution is 2.32. The second-order valence-electron chi connectivity index (χ2n) is 6.86. The van der Waals surface area contributed by atoms with E-state index >= 15 is 0 Å². The molecule has 122 valence electrons. The minimum absolute atomic E-state index is 0.0153. The van der Waals surface area contributed by atoms with E-state index in [1.807, 2.05) is 39.0 Å². The normalized spacial score (nSPS) is 21.2. The van der Waals surface area contributed by atoms with E-state index in [2.05, 4.69) is 17.4 Å². The molecule has 1 aromatic carbocycles. The van der Waals surface area contributed by atoms with E-state index in [0.717, 1.165) is 25.9 Å². The SMILES string of the molecule is CC(C)(C)OC(=O)C1CC(OCCNCc2ccccc2)C1. The molecule has 4 nitrogen and oxygen atoms in total. The average Bonchev–Trinajstić information content (AvgIpc) is 2.39. The van der Waals surface area contributed by atoms with Crippen molar-refractivity contribution in [3.8, 4) is 0 Å². The molecule has 1 aliphatic carbocycles. The summed E-state index contributed by atoms with van der Waals surface area (Å²) in [5.74, 6) is -0.0731. The predicted octanol–water partition coefficient (Wildman–Crippen LogP) is 2.91. The number of hydrogen-bond donors (Lipinski definition) is 1. The molecule has 22 heavy (non-hydrogen) atoms. The molecule has 2 rings (SSSR count). The van der Waals surface area contributed by atoms with E-state index in [1.165, 1.54) is 5.56 Å². The fraction of sp³-hybridized carbons (Fsp3) is 0.611. The Morgan fingerprint density at radius 1 is 1.23 bits per heavy atom. The maximum absolute atomic E-state index is 11.8. The van der Waals surface area contributed by atoms with Gasteiger partial charge in [0.25, 0.3) is 0 Å². The van der Waals surface area contributed by atoms with Crippen molar-refractivity contribution in [3.05, 3.63) is 35.9 Å². The number of rotatable bonds is 7. The first kappa shape index (κ1) is 17.0. The van der Waals surface area contributed by atoms with Gasteiger partial charge in [-0.1, -0.05) is 30.3 Å². The fourth-order valence-corrected chi connectivity index (χ4v) is 2.41. The van der Waals surface area contributed by atoms with Crippen molar-refractivity contribution in [1.29, 1.82) is 0 Å². The molecule has 0 aromatic heterocycles. The van der Waals surface area contributed by atoms with Gasteiger partial charge in [-0.25, -0.2) is 0 Å². The van der Waals surface area contributed by atoms with Gasteiger partial charge in [0, 0.05) is 13.1 Å². The number of nitrogens with one attached hydrogen (secondary N) is 1. The van der Waals surface area contributed by atoms with Gasteiger partial charge >= 0.3 is 5.97 Å². The van der Waals surface area contributed by atoms with Crippen molar-refractivity contribution in [1.82, 2.24) is 5.32 Å². The zero-order valence-corrected chi connectivity index (χ0v) is 13.8. The molecule has 0 saturated heterocycles. The van der Waals surface area contributed by atoms with Crippen molar-refractivity contribution in [2.45, 2.75) is 51.9 Å².